The zero-order valence-corrected chi connectivity index (χ0v) is 12.6. The van der Waals surface area contributed by atoms with E-state index >= 15 is 0 Å². The molecule has 0 unspecified atom stereocenters. The van der Waals surface area contributed by atoms with Crippen LogP contribution in [-0.2, 0) is 9.59 Å². The van der Waals surface area contributed by atoms with Gasteiger partial charge < -0.3 is 20.1 Å². The number of ether oxygens (including phenoxy) is 2. The molecule has 0 radical (unpaired) electrons. The molecule has 0 aromatic heterocycles. The molecule has 0 aliphatic carbocycles. The summed E-state index contributed by atoms with van der Waals surface area (Å²) in [5.74, 6) is 1.29. The van der Waals surface area contributed by atoms with Crippen LogP contribution in [0.15, 0.2) is 18.2 Å². The summed E-state index contributed by atoms with van der Waals surface area (Å²) in [7, 11) is 0. The van der Waals surface area contributed by atoms with Crippen molar-refractivity contribution >= 4 is 11.8 Å². The minimum Gasteiger partial charge on any atom is -0.486 e. The number of piperidine rings is 1. The molecule has 2 heterocycles. The Bertz CT molecular complexity index is 578. The highest BCUT2D eigenvalue weighted by Crippen LogP contribution is 2.32. The quantitative estimate of drug-likeness (QED) is 0.878. The van der Waals surface area contributed by atoms with Gasteiger partial charge in [-0.25, -0.2) is 0 Å². The zero-order chi connectivity index (χ0) is 15.5. The first kappa shape index (κ1) is 14.7. The van der Waals surface area contributed by atoms with Gasteiger partial charge in [-0.2, -0.15) is 0 Å². The molecule has 2 aliphatic heterocycles. The minimum atomic E-state index is -0.155. The number of carbonyl (C=O) groups is 2. The third-order valence-electron chi connectivity index (χ3n) is 4.06. The second kappa shape index (κ2) is 6.25. The fourth-order valence-corrected chi connectivity index (χ4v) is 2.70. The van der Waals surface area contributed by atoms with Crippen LogP contribution in [0.2, 0.25) is 0 Å². The second-order valence-corrected chi connectivity index (χ2v) is 5.67. The van der Waals surface area contributed by atoms with Gasteiger partial charge in [-0.1, -0.05) is 6.07 Å². The molecular weight excluding hydrogens is 284 g/mol. The lowest BCUT2D eigenvalue weighted by molar-refractivity contribution is -0.129. The summed E-state index contributed by atoms with van der Waals surface area (Å²) in [5, 5.41) is 5.73. The van der Waals surface area contributed by atoms with Crippen molar-refractivity contribution in [2.75, 3.05) is 19.8 Å². The van der Waals surface area contributed by atoms with Gasteiger partial charge in [0.15, 0.2) is 11.5 Å². The standard InChI is InChI=1S/C16H20N2O4/c1-10(18-16(20)12-3-5-15(19)17-9-12)11-2-4-13-14(8-11)22-7-6-21-13/h2,4,8,10,12H,3,5-7,9H2,1H3,(H,17,19)(H,18,20)/t10-,12+/m1/s1. The molecule has 1 aromatic carbocycles. The molecule has 1 fully saturated rings. The number of nitrogens with one attached hydrogen (secondary N) is 2. The number of benzene rings is 1. The van der Waals surface area contributed by atoms with Crippen molar-refractivity contribution in [1.29, 1.82) is 0 Å². The highest BCUT2D eigenvalue weighted by molar-refractivity contribution is 5.83. The molecule has 0 spiro atoms. The molecule has 118 valence electrons. The molecule has 6 heteroatoms. The Labute approximate surface area is 129 Å². The van der Waals surface area contributed by atoms with Crippen LogP contribution in [0.5, 0.6) is 11.5 Å². The Morgan fingerprint density at radius 3 is 2.82 bits per heavy atom. The first-order valence-corrected chi connectivity index (χ1v) is 7.60. The maximum absolute atomic E-state index is 12.3. The van der Waals surface area contributed by atoms with Gasteiger partial charge in [-0.05, 0) is 31.0 Å². The van der Waals surface area contributed by atoms with Gasteiger partial charge in [-0.15, -0.1) is 0 Å². The van der Waals surface area contributed by atoms with E-state index in [1.807, 2.05) is 25.1 Å². The Hall–Kier alpha value is -2.24. The first-order valence-electron chi connectivity index (χ1n) is 7.60. The minimum absolute atomic E-state index is 0.0175. The zero-order valence-electron chi connectivity index (χ0n) is 12.6. The van der Waals surface area contributed by atoms with Crippen LogP contribution >= 0.6 is 0 Å². The topological polar surface area (TPSA) is 76.7 Å². The van der Waals surface area contributed by atoms with Crippen molar-refractivity contribution in [3.63, 3.8) is 0 Å². The smallest absolute Gasteiger partial charge is 0.225 e. The normalized spacial score (nSPS) is 21.7. The highest BCUT2D eigenvalue weighted by atomic mass is 16.6. The number of hydrogen-bond donors (Lipinski definition) is 2. The largest absolute Gasteiger partial charge is 0.486 e. The van der Waals surface area contributed by atoms with Crippen LogP contribution in [0.25, 0.3) is 0 Å². The van der Waals surface area contributed by atoms with E-state index in [4.69, 9.17) is 9.47 Å². The summed E-state index contributed by atoms with van der Waals surface area (Å²) >= 11 is 0. The summed E-state index contributed by atoms with van der Waals surface area (Å²) in [5.41, 5.74) is 0.970. The summed E-state index contributed by atoms with van der Waals surface area (Å²) in [6, 6.07) is 5.58. The van der Waals surface area contributed by atoms with Gasteiger partial charge in [-0.3, -0.25) is 9.59 Å². The predicted octanol–water partition coefficient (Wildman–Crippen LogP) is 1.16. The van der Waals surface area contributed by atoms with Crippen LogP contribution in [0.3, 0.4) is 0 Å². The number of carbonyl (C=O) groups excluding carboxylic acids is 2. The third kappa shape index (κ3) is 3.16. The lowest BCUT2D eigenvalue weighted by Crippen LogP contribution is -2.43. The van der Waals surface area contributed by atoms with E-state index in [9.17, 15) is 9.59 Å². The van der Waals surface area contributed by atoms with Gasteiger partial charge in [0.2, 0.25) is 11.8 Å². The number of rotatable bonds is 3. The molecule has 6 nitrogen and oxygen atoms in total. The second-order valence-electron chi connectivity index (χ2n) is 5.67. The van der Waals surface area contributed by atoms with Crippen molar-refractivity contribution in [2.45, 2.75) is 25.8 Å². The molecule has 3 rings (SSSR count). The van der Waals surface area contributed by atoms with Crippen molar-refractivity contribution in [1.82, 2.24) is 10.6 Å². The van der Waals surface area contributed by atoms with E-state index in [1.54, 1.807) is 0 Å². The average Bonchev–Trinajstić information content (AvgIpc) is 2.55. The monoisotopic (exact) mass is 304 g/mol. The van der Waals surface area contributed by atoms with E-state index in [0.717, 1.165) is 17.1 Å². The summed E-state index contributed by atoms with van der Waals surface area (Å²) in [6.07, 6.45) is 1.02. The first-order chi connectivity index (χ1) is 10.6. The van der Waals surface area contributed by atoms with Gasteiger partial charge >= 0.3 is 0 Å². The van der Waals surface area contributed by atoms with Gasteiger partial charge in [0, 0.05) is 13.0 Å². The van der Waals surface area contributed by atoms with E-state index in [1.165, 1.54) is 0 Å². The Balaban J connectivity index is 1.62. The molecule has 0 saturated carbocycles. The van der Waals surface area contributed by atoms with Crippen LogP contribution in [0, 0.1) is 5.92 Å². The number of amides is 2. The molecule has 1 aromatic rings. The SMILES string of the molecule is C[C@@H](NC(=O)[C@H]1CCC(=O)NC1)c1ccc2c(c1)OCCO2. The molecule has 2 N–H and O–H groups in total. The van der Waals surface area contributed by atoms with E-state index < -0.39 is 0 Å². The van der Waals surface area contributed by atoms with Crippen LogP contribution in [0.1, 0.15) is 31.4 Å². The summed E-state index contributed by atoms with van der Waals surface area (Å²) in [6.45, 7) is 3.45. The van der Waals surface area contributed by atoms with E-state index in [0.29, 0.717) is 32.6 Å². The molecule has 2 amide bonds. The Morgan fingerprint density at radius 1 is 1.32 bits per heavy atom. The fourth-order valence-electron chi connectivity index (χ4n) is 2.70. The van der Waals surface area contributed by atoms with Gasteiger partial charge in [0.1, 0.15) is 13.2 Å². The van der Waals surface area contributed by atoms with E-state index in [-0.39, 0.29) is 23.8 Å². The van der Waals surface area contributed by atoms with Crippen molar-refractivity contribution in [3.05, 3.63) is 23.8 Å². The lowest BCUT2D eigenvalue weighted by Gasteiger charge is -2.25. The lowest BCUT2D eigenvalue weighted by atomic mass is 9.97. The van der Waals surface area contributed by atoms with Crippen LogP contribution in [-0.4, -0.2) is 31.6 Å². The van der Waals surface area contributed by atoms with Crippen molar-refractivity contribution in [2.24, 2.45) is 5.92 Å². The summed E-state index contributed by atoms with van der Waals surface area (Å²) < 4.78 is 11.1. The average molecular weight is 304 g/mol. The van der Waals surface area contributed by atoms with Crippen molar-refractivity contribution in [3.8, 4) is 11.5 Å². The van der Waals surface area contributed by atoms with Crippen LogP contribution < -0.4 is 20.1 Å². The van der Waals surface area contributed by atoms with Gasteiger partial charge in [0.05, 0.1) is 12.0 Å². The molecule has 22 heavy (non-hydrogen) atoms. The number of hydrogen-bond acceptors (Lipinski definition) is 4. The van der Waals surface area contributed by atoms with Crippen molar-refractivity contribution < 1.29 is 19.1 Å². The fraction of sp³-hybridized carbons (Fsp3) is 0.500. The number of fused-ring (bicyclic) bond motifs is 1. The highest BCUT2D eigenvalue weighted by Gasteiger charge is 2.25. The molecule has 2 aliphatic rings. The van der Waals surface area contributed by atoms with Gasteiger partial charge in [0.25, 0.3) is 0 Å². The molecule has 2 atom stereocenters. The Morgan fingerprint density at radius 2 is 2.09 bits per heavy atom. The summed E-state index contributed by atoms with van der Waals surface area (Å²) in [4.78, 5) is 23.4. The third-order valence-corrected chi connectivity index (χ3v) is 4.06. The molecule has 1 saturated heterocycles. The molecule has 0 bridgehead atoms. The van der Waals surface area contributed by atoms with E-state index in [2.05, 4.69) is 10.6 Å². The van der Waals surface area contributed by atoms with Crippen LogP contribution in [0.4, 0.5) is 0 Å². The maximum atomic E-state index is 12.3. The predicted molar refractivity (Wildman–Crippen MR) is 79.7 cm³/mol. The molecular formula is C16H20N2O4. The maximum Gasteiger partial charge on any atom is 0.225 e. The Kier molecular flexibility index (Phi) is 4.18.